The molecule has 1 aliphatic rings. The minimum Gasteiger partial charge on any atom is -0.353 e. The van der Waals surface area contributed by atoms with Crippen molar-refractivity contribution in [3.63, 3.8) is 0 Å². The number of aromatic nitrogens is 2. The largest absolute Gasteiger partial charge is 0.353 e. The van der Waals surface area contributed by atoms with E-state index in [0.29, 0.717) is 13.1 Å². The molecule has 0 saturated carbocycles. The molecule has 3 heterocycles. The molecule has 1 atom stereocenters. The van der Waals surface area contributed by atoms with Gasteiger partial charge >= 0.3 is 0 Å². The number of halogens is 2. The Labute approximate surface area is 164 Å². The summed E-state index contributed by atoms with van der Waals surface area (Å²) in [7, 11) is 0. The molecule has 1 N–H and O–H groups in total. The molecule has 6 nitrogen and oxygen atoms in total. The van der Waals surface area contributed by atoms with E-state index in [1.165, 1.54) is 6.07 Å². The quantitative estimate of drug-likeness (QED) is 0.725. The van der Waals surface area contributed by atoms with Crippen LogP contribution in [0.1, 0.15) is 6.92 Å². The number of nitrogens with one attached hydrogen (secondary N) is 1. The summed E-state index contributed by atoms with van der Waals surface area (Å²) in [4.78, 5) is 26.4. The van der Waals surface area contributed by atoms with E-state index in [1.54, 1.807) is 17.7 Å². The summed E-state index contributed by atoms with van der Waals surface area (Å²) >= 11 is 1.59. The van der Waals surface area contributed by atoms with Crippen molar-refractivity contribution in [1.29, 1.82) is 0 Å². The van der Waals surface area contributed by atoms with Crippen LogP contribution in [0.3, 0.4) is 0 Å². The third-order valence-electron chi connectivity index (χ3n) is 4.97. The van der Waals surface area contributed by atoms with Gasteiger partial charge in [-0.15, -0.1) is 11.3 Å². The number of rotatable bonds is 4. The smallest absolute Gasteiger partial charge is 0.241 e. The van der Waals surface area contributed by atoms with Gasteiger partial charge in [0, 0.05) is 37.9 Å². The first-order valence-electron chi connectivity index (χ1n) is 8.96. The fourth-order valence-corrected chi connectivity index (χ4v) is 4.06. The van der Waals surface area contributed by atoms with Crippen molar-refractivity contribution in [3.05, 3.63) is 47.6 Å². The first-order valence-corrected chi connectivity index (χ1v) is 9.84. The van der Waals surface area contributed by atoms with E-state index >= 15 is 0 Å². The van der Waals surface area contributed by atoms with Gasteiger partial charge in [-0.3, -0.25) is 9.69 Å². The van der Waals surface area contributed by atoms with E-state index in [1.807, 2.05) is 18.4 Å². The van der Waals surface area contributed by atoms with E-state index < -0.39 is 11.6 Å². The van der Waals surface area contributed by atoms with Gasteiger partial charge in [0.15, 0.2) is 11.6 Å². The molecule has 9 heteroatoms. The molecule has 1 amide bonds. The first-order chi connectivity index (χ1) is 13.5. The topological polar surface area (TPSA) is 61.4 Å². The average Bonchev–Trinajstić information content (AvgIpc) is 3.19. The second-order valence-corrected chi connectivity index (χ2v) is 7.55. The van der Waals surface area contributed by atoms with Crippen molar-refractivity contribution in [3.8, 4) is 0 Å². The number of hydrogen-bond acceptors (Lipinski definition) is 6. The van der Waals surface area contributed by atoms with Crippen LogP contribution in [0.2, 0.25) is 0 Å². The highest BCUT2D eigenvalue weighted by atomic mass is 32.1. The number of hydrogen-bond donors (Lipinski definition) is 1. The predicted molar refractivity (Wildman–Crippen MR) is 106 cm³/mol. The van der Waals surface area contributed by atoms with Crippen LogP contribution in [0.4, 0.5) is 20.3 Å². The van der Waals surface area contributed by atoms with E-state index in [0.717, 1.165) is 41.3 Å². The summed E-state index contributed by atoms with van der Waals surface area (Å²) in [6, 6.07) is 4.98. The second-order valence-electron chi connectivity index (χ2n) is 6.65. The van der Waals surface area contributed by atoms with Gasteiger partial charge in [-0.05, 0) is 30.5 Å². The summed E-state index contributed by atoms with van der Waals surface area (Å²) in [5, 5.41) is 5.70. The van der Waals surface area contributed by atoms with E-state index in [4.69, 9.17) is 0 Å². The number of amides is 1. The third-order valence-corrected chi connectivity index (χ3v) is 5.79. The van der Waals surface area contributed by atoms with Crippen molar-refractivity contribution in [2.75, 3.05) is 36.4 Å². The normalized spacial score (nSPS) is 16.3. The number of piperazine rings is 1. The van der Waals surface area contributed by atoms with Gasteiger partial charge in [0.05, 0.1) is 11.4 Å². The maximum absolute atomic E-state index is 13.3. The first kappa shape index (κ1) is 18.7. The Bertz CT molecular complexity index is 1000. The molecule has 0 radical (unpaired) electrons. The van der Waals surface area contributed by atoms with Crippen LogP contribution >= 0.6 is 11.3 Å². The van der Waals surface area contributed by atoms with Gasteiger partial charge in [0.25, 0.3) is 0 Å². The van der Waals surface area contributed by atoms with Crippen molar-refractivity contribution in [2.24, 2.45) is 0 Å². The maximum atomic E-state index is 13.3. The van der Waals surface area contributed by atoms with Gasteiger partial charge in [-0.2, -0.15) is 0 Å². The molecule has 28 heavy (non-hydrogen) atoms. The zero-order valence-electron chi connectivity index (χ0n) is 15.2. The molecule has 1 aliphatic heterocycles. The van der Waals surface area contributed by atoms with Gasteiger partial charge in [-0.1, -0.05) is 0 Å². The summed E-state index contributed by atoms with van der Waals surface area (Å²) in [5.41, 5.74) is 0.246. The van der Waals surface area contributed by atoms with Crippen LogP contribution < -0.4 is 10.2 Å². The average molecular weight is 403 g/mol. The Morgan fingerprint density at radius 3 is 2.68 bits per heavy atom. The Morgan fingerprint density at radius 2 is 1.93 bits per heavy atom. The molecule has 1 saturated heterocycles. The lowest BCUT2D eigenvalue weighted by atomic mass is 10.2. The Kier molecular flexibility index (Phi) is 5.19. The zero-order chi connectivity index (χ0) is 19.7. The fourth-order valence-electron chi connectivity index (χ4n) is 3.34. The number of fused-ring (bicyclic) bond motifs is 1. The van der Waals surface area contributed by atoms with Crippen molar-refractivity contribution >= 4 is 39.0 Å². The molecule has 1 fully saturated rings. The van der Waals surface area contributed by atoms with Crippen LogP contribution in [0.15, 0.2) is 36.0 Å². The summed E-state index contributed by atoms with van der Waals surface area (Å²) < 4.78 is 26.4. The zero-order valence-corrected chi connectivity index (χ0v) is 16.0. The van der Waals surface area contributed by atoms with Crippen LogP contribution in [-0.2, 0) is 4.79 Å². The molecular weight excluding hydrogens is 384 g/mol. The van der Waals surface area contributed by atoms with Crippen molar-refractivity contribution in [1.82, 2.24) is 14.9 Å². The van der Waals surface area contributed by atoms with Crippen LogP contribution in [0, 0.1) is 11.6 Å². The molecular formula is C19H19F2N5OS. The highest BCUT2D eigenvalue weighted by Crippen LogP contribution is 2.27. The van der Waals surface area contributed by atoms with E-state index in [-0.39, 0.29) is 17.6 Å². The summed E-state index contributed by atoms with van der Waals surface area (Å²) in [6.07, 6.45) is 1.58. The minimum absolute atomic E-state index is 0.246. The number of carbonyl (C=O) groups excluding carboxylic acids is 1. The monoisotopic (exact) mass is 403 g/mol. The molecule has 1 unspecified atom stereocenters. The number of benzene rings is 1. The Hall–Kier alpha value is -2.65. The predicted octanol–water partition coefficient (Wildman–Crippen LogP) is 3.12. The summed E-state index contributed by atoms with van der Waals surface area (Å²) in [5.74, 6) is -1.25. The third kappa shape index (κ3) is 3.67. The molecule has 0 aliphatic carbocycles. The van der Waals surface area contributed by atoms with Gasteiger partial charge in [0.2, 0.25) is 5.91 Å². The molecule has 4 rings (SSSR count). The van der Waals surface area contributed by atoms with Gasteiger partial charge in [0.1, 0.15) is 17.0 Å². The van der Waals surface area contributed by atoms with Crippen LogP contribution in [0.5, 0.6) is 0 Å². The highest BCUT2D eigenvalue weighted by molar-refractivity contribution is 7.16. The molecule has 2 aromatic heterocycles. The number of nitrogens with zero attached hydrogens (tertiary/aromatic N) is 4. The van der Waals surface area contributed by atoms with Crippen LogP contribution in [-0.4, -0.2) is 53.0 Å². The van der Waals surface area contributed by atoms with Gasteiger partial charge < -0.3 is 10.2 Å². The van der Waals surface area contributed by atoms with E-state index in [9.17, 15) is 13.6 Å². The van der Waals surface area contributed by atoms with Crippen molar-refractivity contribution < 1.29 is 13.6 Å². The van der Waals surface area contributed by atoms with Crippen LogP contribution in [0.25, 0.3) is 10.2 Å². The van der Waals surface area contributed by atoms with E-state index in [2.05, 4.69) is 25.1 Å². The Morgan fingerprint density at radius 1 is 1.14 bits per heavy atom. The SMILES string of the molecule is CC(C(=O)Nc1ccc(F)c(F)c1)N1CCN(c2ncnc3sccc23)CC1. The van der Waals surface area contributed by atoms with Crippen molar-refractivity contribution in [2.45, 2.75) is 13.0 Å². The number of thiophene rings is 1. The molecule has 0 spiro atoms. The lowest BCUT2D eigenvalue weighted by Gasteiger charge is -2.38. The fraction of sp³-hybridized carbons (Fsp3) is 0.316. The lowest BCUT2D eigenvalue weighted by molar-refractivity contribution is -0.120. The number of carbonyl (C=O) groups is 1. The summed E-state index contributed by atoms with van der Waals surface area (Å²) in [6.45, 7) is 4.69. The molecule has 3 aromatic rings. The molecule has 0 bridgehead atoms. The van der Waals surface area contributed by atoms with Gasteiger partial charge in [-0.25, -0.2) is 18.7 Å². The standard InChI is InChI=1S/C19H19F2N5OS/c1-12(18(27)24-13-2-3-15(20)16(21)10-13)25-5-7-26(8-6-25)17-14-4-9-28-19(14)23-11-22-17/h2-4,9-12H,5-8H2,1H3,(H,24,27). The number of anilines is 2. The molecule has 1 aromatic carbocycles. The Balaban J connectivity index is 1.38. The lowest BCUT2D eigenvalue weighted by Crippen LogP contribution is -2.53. The maximum Gasteiger partial charge on any atom is 0.241 e. The second kappa shape index (κ2) is 7.76. The molecule has 146 valence electrons. The highest BCUT2D eigenvalue weighted by Gasteiger charge is 2.27. The minimum atomic E-state index is -0.983.